The van der Waals surface area contributed by atoms with Crippen molar-refractivity contribution >= 4 is 18.3 Å². The number of hydrogen-bond acceptors (Lipinski definition) is 7. The average Bonchev–Trinajstić information content (AvgIpc) is 2.54. The van der Waals surface area contributed by atoms with Crippen molar-refractivity contribution in [3.63, 3.8) is 0 Å². The molecule has 0 unspecified atom stereocenters. The van der Waals surface area contributed by atoms with Gasteiger partial charge in [0, 0.05) is 6.92 Å². The fourth-order valence-electron chi connectivity index (χ4n) is 1.32. The van der Waals surface area contributed by atoms with Crippen LogP contribution in [-0.2, 0) is 24.0 Å². The standard InChI is InChI=1S/C9H10O2.C7H8O.2CO2/c1-7-3-5-9(6-4-7)11-8(2)10;1-6-2-4-7(8)5-3-6;2*2-1-3/h3-6H,1-2H3;2-5,8H,1H3;;. The van der Waals surface area contributed by atoms with Crippen molar-refractivity contribution in [3.05, 3.63) is 59.7 Å². The Morgan fingerprint density at radius 2 is 1.12 bits per heavy atom. The number of ether oxygens (including phenoxy) is 1. The van der Waals surface area contributed by atoms with Gasteiger partial charge in [-0.2, -0.15) is 19.2 Å². The molecule has 0 spiro atoms. The van der Waals surface area contributed by atoms with Crippen molar-refractivity contribution in [2.75, 3.05) is 0 Å². The van der Waals surface area contributed by atoms with Crippen molar-refractivity contribution in [2.45, 2.75) is 20.8 Å². The number of esters is 1. The second-order valence-electron chi connectivity index (χ2n) is 4.41. The molecule has 2 aromatic carbocycles. The molecule has 0 saturated heterocycles. The minimum atomic E-state index is -0.283. The highest BCUT2D eigenvalue weighted by Gasteiger charge is 1.94. The third kappa shape index (κ3) is 16.7. The van der Waals surface area contributed by atoms with E-state index in [1.807, 2.05) is 38.1 Å². The molecule has 0 radical (unpaired) electrons. The Balaban J connectivity index is 0. The number of aryl methyl sites for hydroxylation is 2. The Bertz CT molecular complexity index is 643. The van der Waals surface area contributed by atoms with Crippen molar-refractivity contribution in [1.29, 1.82) is 0 Å². The van der Waals surface area contributed by atoms with Gasteiger partial charge in [-0.3, -0.25) is 4.79 Å². The lowest BCUT2D eigenvalue weighted by Gasteiger charge is -1.99. The number of rotatable bonds is 1. The lowest BCUT2D eigenvalue weighted by atomic mass is 10.2. The normalized spacial score (nSPS) is 7.64. The van der Waals surface area contributed by atoms with E-state index in [4.69, 9.17) is 29.0 Å². The molecule has 0 amide bonds. The summed E-state index contributed by atoms with van der Waals surface area (Å²) in [6, 6.07) is 14.4. The second kappa shape index (κ2) is 15.4. The number of phenolic OH excluding ortho intramolecular Hbond substituents is 1. The van der Waals surface area contributed by atoms with E-state index in [1.54, 1.807) is 24.3 Å². The van der Waals surface area contributed by atoms with Crippen molar-refractivity contribution in [1.82, 2.24) is 0 Å². The van der Waals surface area contributed by atoms with Crippen LogP contribution in [0, 0.1) is 13.8 Å². The largest absolute Gasteiger partial charge is 0.508 e. The summed E-state index contributed by atoms with van der Waals surface area (Å²) in [5.74, 6) is 0.646. The van der Waals surface area contributed by atoms with E-state index in [9.17, 15) is 4.79 Å². The molecule has 0 aliphatic heterocycles. The van der Waals surface area contributed by atoms with Crippen molar-refractivity contribution in [3.8, 4) is 11.5 Å². The van der Waals surface area contributed by atoms with Gasteiger partial charge in [0.05, 0.1) is 0 Å². The van der Waals surface area contributed by atoms with E-state index >= 15 is 0 Å². The molecular formula is C18H18O7. The highest BCUT2D eigenvalue weighted by Crippen LogP contribution is 2.11. The highest BCUT2D eigenvalue weighted by molar-refractivity contribution is 5.69. The van der Waals surface area contributed by atoms with Crippen LogP contribution in [-0.4, -0.2) is 23.4 Å². The van der Waals surface area contributed by atoms with E-state index in [0.29, 0.717) is 11.5 Å². The Hall–Kier alpha value is -3.53. The molecule has 0 heterocycles. The maximum Gasteiger partial charge on any atom is 0.373 e. The molecule has 2 aromatic rings. The van der Waals surface area contributed by atoms with Crippen LogP contribution in [0.2, 0.25) is 0 Å². The van der Waals surface area contributed by atoms with Crippen molar-refractivity contribution < 1.29 is 33.8 Å². The fraction of sp³-hybridized carbons (Fsp3) is 0.167. The van der Waals surface area contributed by atoms with Crippen LogP contribution in [0.3, 0.4) is 0 Å². The van der Waals surface area contributed by atoms with Gasteiger partial charge in [0.25, 0.3) is 0 Å². The third-order valence-corrected chi connectivity index (χ3v) is 2.32. The Labute approximate surface area is 144 Å². The highest BCUT2D eigenvalue weighted by atomic mass is 16.5. The zero-order valence-electron chi connectivity index (χ0n) is 14.0. The minimum absolute atomic E-state index is 0.250. The van der Waals surface area contributed by atoms with Crippen LogP contribution in [0.25, 0.3) is 0 Å². The molecule has 0 atom stereocenters. The summed E-state index contributed by atoms with van der Waals surface area (Å²) in [5.41, 5.74) is 2.32. The van der Waals surface area contributed by atoms with Crippen LogP contribution in [0.15, 0.2) is 48.5 Å². The first kappa shape index (κ1) is 23.7. The lowest BCUT2D eigenvalue weighted by molar-refractivity contribution is -0.193. The van der Waals surface area contributed by atoms with Gasteiger partial charge in [-0.05, 0) is 38.1 Å². The molecule has 132 valence electrons. The zero-order valence-corrected chi connectivity index (χ0v) is 14.0. The first-order chi connectivity index (χ1) is 11.8. The summed E-state index contributed by atoms with van der Waals surface area (Å²) < 4.78 is 4.83. The van der Waals surface area contributed by atoms with E-state index in [1.165, 1.54) is 12.5 Å². The topological polar surface area (TPSA) is 115 Å². The number of phenols is 1. The molecule has 2 rings (SSSR count). The molecule has 0 aliphatic rings. The zero-order chi connectivity index (χ0) is 19.7. The van der Waals surface area contributed by atoms with Gasteiger partial charge in [-0.15, -0.1) is 0 Å². The number of hydrogen-bond donors (Lipinski definition) is 1. The molecular weight excluding hydrogens is 328 g/mol. The van der Waals surface area contributed by atoms with E-state index < -0.39 is 0 Å². The molecule has 7 nitrogen and oxygen atoms in total. The molecule has 1 N–H and O–H groups in total. The van der Waals surface area contributed by atoms with Gasteiger partial charge in [0.1, 0.15) is 11.5 Å². The maximum atomic E-state index is 10.5. The predicted octanol–water partition coefficient (Wildman–Crippen LogP) is 2.45. The van der Waals surface area contributed by atoms with Crippen LogP contribution >= 0.6 is 0 Å². The van der Waals surface area contributed by atoms with E-state index in [-0.39, 0.29) is 18.3 Å². The van der Waals surface area contributed by atoms with Gasteiger partial charge in [-0.1, -0.05) is 35.4 Å². The molecule has 0 saturated carbocycles. The third-order valence-electron chi connectivity index (χ3n) is 2.32. The molecule has 25 heavy (non-hydrogen) atoms. The first-order valence-electron chi connectivity index (χ1n) is 6.80. The minimum Gasteiger partial charge on any atom is -0.508 e. The summed E-state index contributed by atoms with van der Waals surface area (Å²) in [6.45, 7) is 5.36. The molecule has 0 fully saturated rings. The Morgan fingerprint density at radius 3 is 1.40 bits per heavy atom. The quantitative estimate of drug-likeness (QED) is 0.623. The second-order valence-corrected chi connectivity index (χ2v) is 4.41. The number of benzene rings is 2. The Kier molecular flexibility index (Phi) is 14.6. The van der Waals surface area contributed by atoms with Gasteiger partial charge >= 0.3 is 18.3 Å². The fourth-order valence-corrected chi connectivity index (χ4v) is 1.32. The van der Waals surface area contributed by atoms with E-state index in [0.717, 1.165) is 5.56 Å². The summed E-state index contributed by atoms with van der Waals surface area (Å²) in [6.07, 6.45) is 0.500. The average molecular weight is 346 g/mol. The number of carbonyl (C=O) groups is 1. The monoisotopic (exact) mass is 346 g/mol. The number of carbonyl (C=O) groups excluding carboxylic acids is 5. The molecule has 0 aliphatic carbocycles. The van der Waals surface area contributed by atoms with Crippen LogP contribution in [0.1, 0.15) is 18.1 Å². The first-order valence-corrected chi connectivity index (χ1v) is 6.80. The van der Waals surface area contributed by atoms with Crippen LogP contribution < -0.4 is 4.74 Å². The molecule has 0 bridgehead atoms. The summed E-state index contributed by atoms with van der Waals surface area (Å²) in [5, 5.41) is 8.76. The Morgan fingerprint density at radius 1 is 0.800 bits per heavy atom. The van der Waals surface area contributed by atoms with E-state index in [2.05, 4.69) is 0 Å². The smallest absolute Gasteiger partial charge is 0.373 e. The van der Waals surface area contributed by atoms with Crippen molar-refractivity contribution in [2.24, 2.45) is 0 Å². The number of aromatic hydroxyl groups is 1. The summed E-state index contributed by atoms with van der Waals surface area (Å²) >= 11 is 0. The molecule has 0 aromatic heterocycles. The van der Waals surface area contributed by atoms with Gasteiger partial charge in [0.15, 0.2) is 0 Å². The van der Waals surface area contributed by atoms with Crippen LogP contribution in [0.4, 0.5) is 0 Å². The predicted molar refractivity (Wildman–Crippen MR) is 85.3 cm³/mol. The molecule has 7 heteroatoms. The SMILES string of the molecule is CC(=O)Oc1ccc(C)cc1.Cc1ccc(O)cc1.O=C=O.O=C=O. The van der Waals surface area contributed by atoms with Gasteiger partial charge in [0.2, 0.25) is 0 Å². The summed E-state index contributed by atoms with van der Waals surface area (Å²) in [4.78, 5) is 43.0. The lowest BCUT2D eigenvalue weighted by Crippen LogP contribution is -2.00. The van der Waals surface area contributed by atoms with Gasteiger partial charge < -0.3 is 9.84 Å². The van der Waals surface area contributed by atoms with Crippen LogP contribution in [0.5, 0.6) is 11.5 Å². The van der Waals surface area contributed by atoms with Gasteiger partial charge in [-0.25, -0.2) is 0 Å². The summed E-state index contributed by atoms with van der Waals surface area (Å²) in [7, 11) is 0. The maximum absolute atomic E-state index is 10.5.